The molecule has 2 fully saturated rings. The van der Waals surface area contributed by atoms with Crippen LogP contribution in [0.2, 0.25) is 10.0 Å². The molecular formula is C31H30Cl2N4OS. The van der Waals surface area contributed by atoms with Crippen LogP contribution in [0.1, 0.15) is 43.8 Å². The lowest BCUT2D eigenvalue weighted by atomic mass is 9.91. The molecule has 0 unspecified atom stereocenters. The van der Waals surface area contributed by atoms with Crippen LogP contribution >= 0.6 is 35.4 Å². The molecule has 4 heterocycles. The zero-order chi connectivity index (χ0) is 27.1. The Morgan fingerprint density at radius 3 is 2.41 bits per heavy atom. The second kappa shape index (κ2) is 10.8. The lowest BCUT2D eigenvalue weighted by molar-refractivity contribution is 0.357. The summed E-state index contributed by atoms with van der Waals surface area (Å²) in [6, 6.07) is 23.3. The number of hydrogen-bond donors (Lipinski definition) is 1. The molecule has 0 saturated carbocycles. The molecular weight excluding hydrogens is 547 g/mol. The summed E-state index contributed by atoms with van der Waals surface area (Å²) in [6.45, 7) is 6.64. The van der Waals surface area contributed by atoms with Gasteiger partial charge < -0.3 is 19.5 Å². The summed E-state index contributed by atoms with van der Waals surface area (Å²) in [5.41, 5.74) is 3.82. The Balaban J connectivity index is 1.38. The van der Waals surface area contributed by atoms with Gasteiger partial charge in [-0.1, -0.05) is 43.1 Å². The van der Waals surface area contributed by atoms with Crippen LogP contribution in [0.4, 0.5) is 11.4 Å². The molecule has 0 bridgehead atoms. The third kappa shape index (κ3) is 5.25. The Morgan fingerprint density at radius 2 is 1.72 bits per heavy atom. The minimum absolute atomic E-state index is 0.204. The highest BCUT2D eigenvalue weighted by Crippen LogP contribution is 2.44. The number of nitrogens with one attached hydrogen (secondary N) is 1. The molecule has 8 heteroatoms. The van der Waals surface area contributed by atoms with Gasteiger partial charge in [-0.15, -0.1) is 0 Å². The van der Waals surface area contributed by atoms with Gasteiger partial charge in [-0.05, 0) is 97.2 Å². The second-order valence-electron chi connectivity index (χ2n) is 10.7. The summed E-state index contributed by atoms with van der Waals surface area (Å²) in [5.74, 6) is 2.82. The molecule has 0 amide bonds. The highest BCUT2D eigenvalue weighted by Gasteiger charge is 2.43. The largest absolute Gasteiger partial charge is 0.459 e. The number of piperidine rings is 1. The number of benzene rings is 2. The summed E-state index contributed by atoms with van der Waals surface area (Å²) >= 11 is 19.0. The van der Waals surface area contributed by atoms with Gasteiger partial charge in [0.2, 0.25) is 0 Å². The molecule has 2 aliphatic heterocycles. The van der Waals surface area contributed by atoms with Crippen LogP contribution in [0.3, 0.4) is 0 Å². The van der Waals surface area contributed by atoms with Gasteiger partial charge >= 0.3 is 0 Å². The number of aromatic nitrogens is 1. The van der Waals surface area contributed by atoms with E-state index in [0.29, 0.717) is 22.0 Å². The maximum absolute atomic E-state index is 6.95. The van der Waals surface area contributed by atoms with Gasteiger partial charge in [0, 0.05) is 35.6 Å². The maximum Gasteiger partial charge on any atom is 0.174 e. The summed E-state index contributed by atoms with van der Waals surface area (Å²) in [4.78, 5) is 9.14. The normalized spacial score (nSPS) is 23.2. The highest BCUT2D eigenvalue weighted by atomic mass is 35.5. The molecule has 0 spiro atoms. The van der Waals surface area contributed by atoms with Crippen molar-refractivity contribution in [1.82, 2.24) is 10.3 Å². The standard InChI is InChI=1S/C31H30Cl2N4OS/c1-19-15-20(2)18-36(17-19)26-11-10-23(16-24(26)33)37-30(29(35-31(37)39)25-5-3-4-14-34-25)28-13-12-27(38-28)21-6-8-22(32)9-7-21/h3-14,16,19-20,29-30H,15,17-18H2,1-2H3,(H,35,39)/t19-,20+,29-,30+/m0/s1. The minimum Gasteiger partial charge on any atom is -0.459 e. The molecule has 2 aliphatic rings. The fraction of sp³-hybridized carbons (Fsp3) is 0.290. The molecule has 0 radical (unpaired) electrons. The lowest BCUT2D eigenvalue weighted by Gasteiger charge is -2.37. The third-order valence-electron chi connectivity index (χ3n) is 7.56. The van der Waals surface area contributed by atoms with E-state index in [-0.39, 0.29) is 12.1 Å². The third-order valence-corrected chi connectivity index (χ3v) is 8.43. The molecule has 4 aromatic rings. The number of rotatable bonds is 5. The predicted octanol–water partition coefficient (Wildman–Crippen LogP) is 8.31. The van der Waals surface area contributed by atoms with Crippen molar-refractivity contribution >= 4 is 51.9 Å². The van der Waals surface area contributed by atoms with E-state index < -0.39 is 0 Å². The predicted molar refractivity (Wildman–Crippen MR) is 164 cm³/mol. The Bertz CT molecular complexity index is 1470. The molecule has 5 nitrogen and oxygen atoms in total. The first-order valence-corrected chi connectivity index (χ1v) is 14.4. The van der Waals surface area contributed by atoms with Crippen LogP contribution < -0.4 is 15.1 Å². The Morgan fingerprint density at radius 1 is 0.949 bits per heavy atom. The van der Waals surface area contributed by atoms with Crippen LogP contribution in [0, 0.1) is 11.8 Å². The van der Waals surface area contributed by atoms with E-state index >= 15 is 0 Å². The van der Waals surface area contributed by atoms with Crippen molar-refractivity contribution in [2.45, 2.75) is 32.4 Å². The number of thiocarbonyl (C=S) groups is 1. The number of halogens is 2. The van der Waals surface area contributed by atoms with Gasteiger partial charge in [0.1, 0.15) is 17.6 Å². The molecule has 2 aromatic heterocycles. The first-order chi connectivity index (χ1) is 18.9. The van der Waals surface area contributed by atoms with Crippen LogP contribution in [0.25, 0.3) is 11.3 Å². The van der Waals surface area contributed by atoms with Gasteiger partial charge in [-0.25, -0.2) is 0 Å². The van der Waals surface area contributed by atoms with E-state index in [1.165, 1.54) is 6.42 Å². The molecule has 2 aromatic carbocycles. The molecule has 1 N–H and O–H groups in total. The summed E-state index contributed by atoms with van der Waals surface area (Å²) in [5, 5.41) is 5.50. The summed E-state index contributed by atoms with van der Waals surface area (Å²) in [6.07, 6.45) is 3.05. The zero-order valence-electron chi connectivity index (χ0n) is 21.9. The molecule has 4 atom stereocenters. The van der Waals surface area contributed by atoms with Gasteiger partial charge in [0.15, 0.2) is 5.11 Å². The Kier molecular flexibility index (Phi) is 7.27. The molecule has 2 saturated heterocycles. The SMILES string of the molecule is C[C@@H]1C[C@H](C)CN(c2ccc(N3C(=S)N[C@@H](c4ccccn4)[C@H]3c3ccc(-c4ccc(Cl)cc4)o3)cc2Cl)C1. The van der Waals surface area contributed by atoms with E-state index in [2.05, 4.69) is 46.1 Å². The van der Waals surface area contributed by atoms with Gasteiger partial charge in [0.25, 0.3) is 0 Å². The number of hydrogen-bond acceptors (Lipinski definition) is 4. The zero-order valence-corrected chi connectivity index (χ0v) is 24.2. The summed E-state index contributed by atoms with van der Waals surface area (Å²) in [7, 11) is 0. The van der Waals surface area contributed by atoms with E-state index in [0.717, 1.165) is 52.3 Å². The number of nitrogens with zero attached hydrogens (tertiary/aromatic N) is 3. The fourth-order valence-electron chi connectivity index (χ4n) is 5.96. The summed E-state index contributed by atoms with van der Waals surface area (Å²) < 4.78 is 6.46. The molecule has 0 aliphatic carbocycles. The fourth-order valence-corrected chi connectivity index (χ4v) is 6.73. The van der Waals surface area contributed by atoms with Crippen LogP contribution in [0.15, 0.2) is 83.4 Å². The maximum atomic E-state index is 6.95. The Hall–Kier alpha value is -3.06. The van der Waals surface area contributed by atoms with E-state index in [4.69, 9.17) is 39.8 Å². The van der Waals surface area contributed by atoms with Gasteiger partial charge in [-0.3, -0.25) is 4.98 Å². The number of furan rings is 1. The van der Waals surface area contributed by atoms with Crippen molar-refractivity contribution in [2.24, 2.45) is 11.8 Å². The van der Waals surface area contributed by atoms with Crippen LogP contribution in [-0.2, 0) is 0 Å². The van der Waals surface area contributed by atoms with Crippen molar-refractivity contribution in [1.29, 1.82) is 0 Å². The molecule has 6 rings (SSSR count). The minimum atomic E-state index is -0.259. The quantitative estimate of drug-likeness (QED) is 0.241. The average Bonchev–Trinajstić information content (AvgIpc) is 3.53. The monoisotopic (exact) mass is 576 g/mol. The lowest BCUT2D eigenvalue weighted by Crippen LogP contribution is -2.38. The average molecular weight is 578 g/mol. The molecule has 200 valence electrons. The molecule has 39 heavy (non-hydrogen) atoms. The van der Waals surface area contributed by atoms with E-state index in [9.17, 15) is 0 Å². The van der Waals surface area contributed by atoms with E-state index in [1.54, 1.807) is 6.20 Å². The topological polar surface area (TPSA) is 44.5 Å². The second-order valence-corrected chi connectivity index (χ2v) is 11.9. The smallest absolute Gasteiger partial charge is 0.174 e. The van der Waals surface area contributed by atoms with Gasteiger partial charge in [-0.2, -0.15) is 0 Å². The van der Waals surface area contributed by atoms with Crippen molar-refractivity contribution < 1.29 is 4.42 Å². The van der Waals surface area contributed by atoms with Crippen molar-refractivity contribution in [3.05, 3.63) is 100 Å². The first kappa shape index (κ1) is 26.2. The number of anilines is 2. The number of pyridine rings is 1. The van der Waals surface area contributed by atoms with Crippen LogP contribution in [0.5, 0.6) is 0 Å². The van der Waals surface area contributed by atoms with E-state index in [1.807, 2.05) is 60.7 Å². The van der Waals surface area contributed by atoms with Crippen molar-refractivity contribution in [3.8, 4) is 11.3 Å². The van der Waals surface area contributed by atoms with Gasteiger partial charge in [0.05, 0.1) is 22.4 Å². The Labute approximate surface area is 244 Å². The first-order valence-electron chi connectivity index (χ1n) is 13.3. The highest BCUT2D eigenvalue weighted by molar-refractivity contribution is 7.80. The van der Waals surface area contributed by atoms with Crippen molar-refractivity contribution in [2.75, 3.05) is 22.9 Å². The van der Waals surface area contributed by atoms with Crippen LogP contribution in [-0.4, -0.2) is 23.2 Å². The van der Waals surface area contributed by atoms with Crippen molar-refractivity contribution in [3.63, 3.8) is 0 Å².